The van der Waals surface area contributed by atoms with Gasteiger partial charge in [0.1, 0.15) is 0 Å². The second-order valence-electron chi connectivity index (χ2n) is 3.30. The molecule has 1 aromatic rings. The van der Waals surface area contributed by atoms with Crippen LogP contribution in [0.2, 0.25) is 0 Å². The van der Waals surface area contributed by atoms with E-state index in [0.717, 1.165) is 18.4 Å². The van der Waals surface area contributed by atoms with Gasteiger partial charge in [0.05, 0.1) is 0 Å². The van der Waals surface area contributed by atoms with Crippen LogP contribution in [0.5, 0.6) is 0 Å². The van der Waals surface area contributed by atoms with E-state index in [1.165, 1.54) is 5.56 Å². The van der Waals surface area contributed by atoms with Gasteiger partial charge in [0.15, 0.2) is 5.78 Å². The van der Waals surface area contributed by atoms with Gasteiger partial charge in [-0.1, -0.05) is 31.2 Å². The number of aryl methyl sites for hydroxylation is 1. The van der Waals surface area contributed by atoms with Crippen LogP contribution in [-0.4, -0.2) is 17.5 Å². The van der Waals surface area contributed by atoms with Crippen LogP contribution in [0.3, 0.4) is 0 Å². The fraction of sp³-hybridized carbons (Fsp3) is 0.417. The van der Waals surface area contributed by atoms with E-state index in [0.29, 0.717) is 6.42 Å². The lowest BCUT2D eigenvalue weighted by molar-refractivity contribution is 0.0988. The minimum atomic E-state index is 0.179. The molecule has 0 heterocycles. The maximum Gasteiger partial charge on any atom is 0.162 e. The molecule has 0 saturated heterocycles. The fourth-order valence-corrected chi connectivity index (χ4v) is 1.34. The summed E-state index contributed by atoms with van der Waals surface area (Å²) in [5.41, 5.74) is 1.95. The molecule has 0 spiro atoms. The Hall–Kier alpha value is -1.15. The standard InChI is InChI=1S/C12H16O2/c1-2-12(14)11-7-5-10(6-8-11)4-3-9-13/h5-8,13H,2-4,9H2,1H3. The summed E-state index contributed by atoms with van der Waals surface area (Å²) in [7, 11) is 0. The van der Waals surface area contributed by atoms with Crippen molar-refractivity contribution in [1.82, 2.24) is 0 Å². The molecule has 0 saturated carbocycles. The van der Waals surface area contributed by atoms with Crippen molar-refractivity contribution in [2.24, 2.45) is 0 Å². The van der Waals surface area contributed by atoms with E-state index >= 15 is 0 Å². The van der Waals surface area contributed by atoms with Crippen molar-refractivity contribution in [1.29, 1.82) is 0 Å². The molecule has 14 heavy (non-hydrogen) atoms. The van der Waals surface area contributed by atoms with Crippen molar-refractivity contribution in [2.75, 3.05) is 6.61 Å². The number of aliphatic hydroxyl groups excluding tert-OH is 1. The van der Waals surface area contributed by atoms with E-state index in [1.54, 1.807) is 0 Å². The molecule has 0 amide bonds. The van der Waals surface area contributed by atoms with Gasteiger partial charge in [-0.25, -0.2) is 0 Å². The van der Waals surface area contributed by atoms with Crippen LogP contribution < -0.4 is 0 Å². The van der Waals surface area contributed by atoms with Gasteiger partial charge in [0.2, 0.25) is 0 Å². The second-order valence-corrected chi connectivity index (χ2v) is 3.30. The Kier molecular flexibility index (Phi) is 4.33. The molecule has 0 atom stereocenters. The minimum Gasteiger partial charge on any atom is -0.396 e. The van der Waals surface area contributed by atoms with E-state index in [9.17, 15) is 4.79 Å². The first-order valence-corrected chi connectivity index (χ1v) is 5.01. The van der Waals surface area contributed by atoms with Crippen LogP contribution in [0.1, 0.15) is 35.7 Å². The normalized spacial score (nSPS) is 10.1. The summed E-state index contributed by atoms with van der Waals surface area (Å²) in [6.07, 6.45) is 2.20. The predicted molar refractivity (Wildman–Crippen MR) is 56.5 cm³/mol. The van der Waals surface area contributed by atoms with Crippen molar-refractivity contribution in [3.8, 4) is 0 Å². The average Bonchev–Trinajstić information content (AvgIpc) is 2.26. The van der Waals surface area contributed by atoms with Gasteiger partial charge in [0.25, 0.3) is 0 Å². The number of hydrogen-bond acceptors (Lipinski definition) is 2. The lowest BCUT2D eigenvalue weighted by atomic mass is 10.0. The molecule has 1 N–H and O–H groups in total. The maximum atomic E-state index is 11.3. The van der Waals surface area contributed by atoms with E-state index in [-0.39, 0.29) is 12.4 Å². The SMILES string of the molecule is CCC(=O)c1ccc(CCCO)cc1. The first kappa shape index (κ1) is 10.9. The predicted octanol–water partition coefficient (Wildman–Crippen LogP) is 2.20. The smallest absolute Gasteiger partial charge is 0.162 e. The van der Waals surface area contributed by atoms with Crippen LogP contribution in [0.15, 0.2) is 24.3 Å². The monoisotopic (exact) mass is 192 g/mol. The van der Waals surface area contributed by atoms with Crippen LogP contribution in [0.4, 0.5) is 0 Å². The minimum absolute atomic E-state index is 0.179. The number of aliphatic hydroxyl groups is 1. The number of benzene rings is 1. The molecule has 0 fully saturated rings. The fourth-order valence-electron chi connectivity index (χ4n) is 1.34. The first-order chi connectivity index (χ1) is 6.77. The molecule has 0 bridgehead atoms. The van der Waals surface area contributed by atoms with Crippen molar-refractivity contribution in [2.45, 2.75) is 26.2 Å². The molecule has 1 aromatic carbocycles. The van der Waals surface area contributed by atoms with Crippen molar-refractivity contribution < 1.29 is 9.90 Å². The summed E-state index contributed by atoms with van der Waals surface area (Å²) in [5, 5.41) is 8.65. The molecular formula is C12H16O2. The van der Waals surface area contributed by atoms with Gasteiger partial charge in [-0.2, -0.15) is 0 Å². The molecule has 0 aromatic heterocycles. The maximum absolute atomic E-state index is 11.3. The number of hydrogen-bond donors (Lipinski definition) is 1. The Morgan fingerprint density at radius 3 is 2.43 bits per heavy atom. The molecule has 76 valence electrons. The zero-order valence-electron chi connectivity index (χ0n) is 8.49. The highest BCUT2D eigenvalue weighted by molar-refractivity contribution is 5.95. The number of ketones is 1. The van der Waals surface area contributed by atoms with Gasteiger partial charge >= 0.3 is 0 Å². The van der Waals surface area contributed by atoms with Crippen molar-refractivity contribution in [3.63, 3.8) is 0 Å². The van der Waals surface area contributed by atoms with E-state index in [4.69, 9.17) is 5.11 Å². The summed E-state index contributed by atoms with van der Waals surface area (Å²) in [5.74, 6) is 0.179. The van der Waals surface area contributed by atoms with Crippen LogP contribution in [-0.2, 0) is 6.42 Å². The Labute approximate surface area is 84.6 Å². The third kappa shape index (κ3) is 2.96. The first-order valence-electron chi connectivity index (χ1n) is 5.01. The third-order valence-corrected chi connectivity index (χ3v) is 2.22. The van der Waals surface area contributed by atoms with Gasteiger partial charge in [-0.3, -0.25) is 4.79 Å². The Morgan fingerprint density at radius 2 is 1.93 bits per heavy atom. The topological polar surface area (TPSA) is 37.3 Å². The molecule has 0 radical (unpaired) electrons. The second kappa shape index (κ2) is 5.55. The molecule has 0 unspecified atom stereocenters. The van der Waals surface area contributed by atoms with E-state index in [1.807, 2.05) is 31.2 Å². The average molecular weight is 192 g/mol. The largest absolute Gasteiger partial charge is 0.396 e. The number of Topliss-reactive ketones (excluding diaryl/α,β-unsaturated/α-hetero) is 1. The van der Waals surface area contributed by atoms with Crippen LogP contribution >= 0.6 is 0 Å². The summed E-state index contributed by atoms with van der Waals surface area (Å²) >= 11 is 0. The summed E-state index contributed by atoms with van der Waals surface area (Å²) in [4.78, 5) is 11.3. The molecule has 1 rings (SSSR count). The molecule has 0 aliphatic rings. The highest BCUT2D eigenvalue weighted by atomic mass is 16.2. The molecule has 2 nitrogen and oxygen atoms in total. The highest BCUT2D eigenvalue weighted by Crippen LogP contribution is 2.08. The third-order valence-electron chi connectivity index (χ3n) is 2.22. The van der Waals surface area contributed by atoms with Gasteiger partial charge in [-0.15, -0.1) is 0 Å². The lowest BCUT2D eigenvalue weighted by Gasteiger charge is -2.01. The quantitative estimate of drug-likeness (QED) is 0.726. The van der Waals surface area contributed by atoms with Crippen molar-refractivity contribution >= 4 is 5.78 Å². The van der Waals surface area contributed by atoms with Crippen LogP contribution in [0, 0.1) is 0 Å². The van der Waals surface area contributed by atoms with E-state index < -0.39 is 0 Å². The van der Waals surface area contributed by atoms with E-state index in [2.05, 4.69) is 0 Å². The number of rotatable bonds is 5. The zero-order valence-corrected chi connectivity index (χ0v) is 8.49. The Balaban J connectivity index is 2.63. The van der Waals surface area contributed by atoms with Crippen LogP contribution in [0.25, 0.3) is 0 Å². The zero-order chi connectivity index (χ0) is 10.4. The number of carbonyl (C=O) groups excluding carboxylic acids is 1. The molecule has 0 aliphatic heterocycles. The molecule has 2 heteroatoms. The molecular weight excluding hydrogens is 176 g/mol. The molecule has 0 aliphatic carbocycles. The van der Waals surface area contributed by atoms with Crippen molar-refractivity contribution in [3.05, 3.63) is 35.4 Å². The number of carbonyl (C=O) groups is 1. The lowest BCUT2D eigenvalue weighted by Crippen LogP contribution is -1.97. The summed E-state index contributed by atoms with van der Waals surface area (Å²) in [6, 6.07) is 7.63. The van der Waals surface area contributed by atoms with Gasteiger partial charge < -0.3 is 5.11 Å². The highest BCUT2D eigenvalue weighted by Gasteiger charge is 2.01. The Bertz CT molecular complexity index is 288. The summed E-state index contributed by atoms with van der Waals surface area (Å²) in [6.45, 7) is 2.08. The summed E-state index contributed by atoms with van der Waals surface area (Å²) < 4.78 is 0. The van der Waals surface area contributed by atoms with Gasteiger partial charge in [0, 0.05) is 18.6 Å². The Morgan fingerprint density at radius 1 is 1.29 bits per heavy atom. The van der Waals surface area contributed by atoms with Gasteiger partial charge in [-0.05, 0) is 18.4 Å².